The molecule has 1 unspecified atom stereocenters. The molecule has 1 fully saturated rings. The number of anilines is 1. The van der Waals surface area contributed by atoms with Crippen LogP contribution in [0.5, 0.6) is 0 Å². The zero-order chi connectivity index (χ0) is 20.1. The number of fused-ring (bicyclic) bond motifs is 1. The number of rotatable bonds is 4. The number of aryl methyl sites for hydroxylation is 1. The van der Waals surface area contributed by atoms with Gasteiger partial charge in [0.1, 0.15) is 0 Å². The smallest absolute Gasteiger partial charge is 0.353 e. The Bertz CT molecular complexity index is 1020. The second-order valence-corrected chi connectivity index (χ2v) is 10.7. The number of urea groups is 1. The molecule has 0 bridgehead atoms. The Hall–Kier alpha value is -1.70. The Morgan fingerprint density at radius 1 is 1.32 bits per heavy atom. The maximum atomic E-state index is 12.5. The molecule has 4 rings (SSSR count). The summed E-state index contributed by atoms with van der Waals surface area (Å²) in [4.78, 5) is 12.5. The predicted octanol–water partition coefficient (Wildman–Crippen LogP) is 4.91. The number of aliphatic hydroxyl groups is 1. The molecule has 0 aliphatic heterocycles. The molecule has 1 atom stereocenters. The van der Waals surface area contributed by atoms with Gasteiger partial charge in [0.25, 0.3) is 0 Å². The second-order valence-electron chi connectivity index (χ2n) is 8.27. The van der Waals surface area contributed by atoms with Crippen molar-refractivity contribution in [1.82, 2.24) is 0 Å². The molecule has 0 saturated heterocycles. The summed E-state index contributed by atoms with van der Waals surface area (Å²) in [5.74, 6) is 0.612. The van der Waals surface area contributed by atoms with Crippen LogP contribution in [0, 0.1) is 6.92 Å². The van der Waals surface area contributed by atoms with Crippen LogP contribution in [-0.2, 0) is 29.0 Å². The first-order valence-electron chi connectivity index (χ1n) is 9.70. The van der Waals surface area contributed by atoms with E-state index in [4.69, 9.17) is 0 Å². The van der Waals surface area contributed by atoms with E-state index in [1.165, 1.54) is 40.9 Å². The van der Waals surface area contributed by atoms with Crippen LogP contribution in [0.15, 0.2) is 26.1 Å². The average molecular weight is 419 g/mol. The summed E-state index contributed by atoms with van der Waals surface area (Å²) in [6.07, 6.45) is 5.55. The van der Waals surface area contributed by atoms with Crippen molar-refractivity contribution < 1.29 is 14.1 Å². The third-order valence-electron chi connectivity index (χ3n) is 5.61. The number of nitrogens with one attached hydrogen (secondary N) is 1. The lowest BCUT2D eigenvalue weighted by Crippen LogP contribution is -2.13. The highest BCUT2D eigenvalue weighted by Crippen LogP contribution is 2.46. The van der Waals surface area contributed by atoms with E-state index in [1.54, 1.807) is 25.3 Å². The number of carbonyl (C=O) groups excluding carboxylic acids is 1. The Morgan fingerprint density at radius 3 is 2.71 bits per heavy atom. The van der Waals surface area contributed by atoms with Crippen molar-refractivity contribution >= 4 is 33.7 Å². The van der Waals surface area contributed by atoms with E-state index in [0.29, 0.717) is 15.7 Å². The van der Waals surface area contributed by atoms with E-state index in [2.05, 4.69) is 22.7 Å². The number of benzene rings is 1. The van der Waals surface area contributed by atoms with Crippen molar-refractivity contribution in [1.29, 1.82) is 0 Å². The number of nitrogens with zero attached hydrogens (tertiary/aromatic N) is 1. The van der Waals surface area contributed by atoms with Gasteiger partial charge in [-0.3, -0.25) is 0 Å². The van der Waals surface area contributed by atoms with Gasteiger partial charge in [0.2, 0.25) is 0 Å². The first-order valence-corrected chi connectivity index (χ1v) is 11.8. The van der Waals surface area contributed by atoms with E-state index < -0.39 is 22.2 Å². The Kier molecular flexibility index (Phi) is 5.10. The number of thiol groups is 1. The van der Waals surface area contributed by atoms with Gasteiger partial charge in [-0.1, -0.05) is 6.07 Å². The predicted molar refractivity (Wildman–Crippen MR) is 114 cm³/mol. The largest absolute Gasteiger partial charge is 0.386 e. The third-order valence-corrected chi connectivity index (χ3v) is 8.00. The van der Waals surface area contributed by atoms with Crippen LogP contribution in [0.25, 0.3) is 0 Å². The molecule has 28 heavy (non-hydrogen) atoms. The number of carbonyl (C=O) groups is 1. The lowest BCUT2D eigenvalue weighted by molar-refractivity contribution is 0.0789. The van der Waals surface area contributed by atoms with E-state index in [0.717, 1.165) is 30.5 Å². The molecule has 1 saturated carbocycles. The zero-order valence-electron chi connectivity index (χ0n) is 16.4. The molecule has 2 aromatic rings. The van der Waals surface area contributed by atoms with Crippen molar-refractivity contribution in [3.63, 3.8) is 0 Å². The standard InChI is InChI=1S/C21H26N2O3S2/c1-12-17(13-7-8-13)9-14-5-4-6-16(14)19(12)22-20(24)23-28(26)18-10-15(11-27-18)21(2,3)25/h9-11,13,25,28H,4-8H2,1-3H3,(H,22,24). The SMILES string of the molecule is Cc1c(C2CC2)cc2c(c1NC(=O)/N=[SH](=O)/c1cc(C(C)(C)O)cs1)CCC2. The lowest BCUT2D eigenvalue weighted by Gasteiger charge is -2.16. The van der Waals surface area contributed by atoms with Crippen LogP contribution in [-0.4, -0.2) is 15.3 Å². The molecular weight excluding hydrogens is 392 g/mol. The van der Waals surface area contributed by atoms with Gasteiger partial charge in [0.15, 0.2) is 0 Å². The number of hydrogen-bond acceptors (Lipinski definition) is 4. The molecule has 150 valence electrons. The highest BCUT2D eigenvalue weighted by atomic mass is 32.2. The number of thiophene rings is 1. The fourth-order valence-corrected chi connectivity index (χ4v) is 5.88. The Morgan fingerprint density at radius 2 is 2.07 bits per heavy atom. The topological polar surface area (TPSA) is 78.8 Å². The molecule has 2 N–H and O–H groups in total. The molecule has 5 nitrogen and oxygen atoms in total. The number of hydrogen-bond donors (Lipinski definition) is 3. The molecular formula is C21H26N2O3S2. The lowest BCUT2D eigenvalue weighted by atomic mass is 9.95. The minimum absolute atomic E-state index is 0.496. The van der Waals surface area contributed by atoms with Gasteiger partial charge in [-0.25, -0.2) is 9.00 Å². The van der Waals surface area contributed by atoms with Gasteiger partial charge in [-0.2, -0.15) is 0 Å². The van der Waals surface area contributed by atoms with Crippen LogP contribution < -0.4 is 5.32 Å². The summed E-state index contributed by atoms with van der Waals surface area (Å²) >= 11 is 1.25. The summed E-state index contributed by atoms with van der Waals surface area (Å²) in [5, 5.41) is 14.8. The fraction of sp³-hybridized carbons (Fsp3) is 0.476. The first kappa shape index (κ1) is 19.6. The highest BCUT2D eigenvalue weighted by Gasteiger charge is 2.29. The summed E-state index contributed by atoms with van der Waals surface area (Å²) in [6.45, 7) is 5.41. The average Bonchev–Trinajstić information content (AvgIpc) is 3.14. The molecule has 2 aliphatic rings. The van der Waals surface area contributed by atoms with E-state index in [-0.39, 0.29) is 0 Å². The maximum absolute atomic E-state index is 12.5. The highest BCUT2D eigenvalue weighted by molar-refractivity contribution is 7.78. The van der Waals surface area contributed by atoms with Crippen molar-refractivity contribution in [2.24, 2.45) is 4.36 Å². The molecule has 2 amide bonds. The number of amides is 2. The second kappa shape index (κ2) is 7.28. The van der Waals surface area contributed by atoms with Crippen LogP contribution in [0.1, 0.15) is 66.8 Å². The maximum Gasteiger partial charge on any atom is 0.353 e. The van der Waals surface area contributed by atoms with Crippen LogP contribution >= 0.6 is 11.3 Å². The van der Waals surface area contributed by atoms with Gasteiger partial charge >= 0.3 is 6.03 Å². The summed E-state index contributed by atoms with van der Waals surface area (Å²) in [6, 6.07) is 3.42. The molecule has 1 heterocycles. The quantitative estimate of drug-likeness (QED) is 0.618. The van der Waals surface area contributed by atoms with Gasteiger partial charge in [0, 0.05) is 5.69 Å². The van der Waals surface area contributed by atoms with Crippen LogP contribution in [0.3, 0.4) is 0 Å². The van der Waals surface area contributed by atoms with Gasteiger partial charge in [0.05, 0.1) is 20.4 Å². The van der Waals surface area contributed by atoms with Gasteiger partial charge in [-0.15, -0.1) is 15.7 Å². The Balaban J connectivity index is 1.60. The molecule has 2 aliphatic carbocycles. The Labute approximate surface area is 171 Å². The summed E-state index contributed by atoms with van der Waals surface area (Å²) in [5.41, 5.74) is 5.56. The normalized spacial score (nSPS) is 17.6. The van der Waals surface area contributed by atoms with Crippen molar-refractivity contribution in [3.8, 4) is 0 Å². The van der Waals surface area contributed by atoms with Gasteiger partial charge in [-0.05, 0) is 98.1 Å². The minimum atomic E-state index is -2.19. The summed E-state index contributed by atoms with van der Waals surface area (Å²) < 4.78 is 16.9. The molecule has 7 heteroatoms. The van der Waals surface area contributed by atoms with Crippen molar-refractivity contribution in [2.75, 3.05) is 5.32 Å². The molecule has 0 spiro atoms. The van der Waals surface area contributed by atoms with Crippen LogP contribution in [0.2, 0.25) is 0 Å². The van der Waals surface area contributed by atoms with E-state index in [9.17, 15) is 14.1 Å². The summed E-state index contributed by atoms with van der Waals surface area (Å²) in [7, 11) is -2.19. The zero-order valence-corrected chi connectivity index (χ0v) is 18.1. The van der Waals surface area contributed by atoms with E-state index >= 15 is 0 Å². The van der Waals surface area contributed by atoms with Gasteiger partial charge < -0.3 is 10.4 Å². The minimum Gasteiger partial charge on any atom is -0.386 e. The van der Waals surface area contributed by atoms with Crippen LogP contribution in [0.4, 0.5) is 10.5 Å². The molecule has 1 aromatic carbocycles. The molecule has 0 radical (unpaired) electrons. The third kappa shape index (κ3) is 3.88. The monoisotopic (exact) mass is 418 g/mol. The van der Waals surface area contributed by atoms with E-state index in [1.807, 2.05) is 0 Å². The van der Waals surface area contributed by atoms with Crippen molar-refractivity contribution in [3.05, 3.63) is 45.3 Å². The van der Waals surface area contributed by atoms with Crippen molar-refractivity contribution in [2.45, 2.75) is 68.6 Å². The first-order chi connectivity index (χ1) is 13.2. The molecule has 1 aromatic heterocycles. The fourth-order valence-electron chi connectivity index (χ4n) is 3.88.